The molecule has 0 spiro atoms. The predicted molar refractivity (Wildman–Crippen MR) is 109 cm³/mol. The van der Waals surface area contributed by atoms with Gasteiger partial charge in [-0.1, -0.05) is 42.0 Å². The number of rotatable bonds is 8. The summed E-state index contributed by atoms with van der Waals surface area (Å²) < 4.78 is 46.1. The van der Waals surface area contributed by atoms with E-state index in [9.17, 15) is 18.0 Å². The van der Waals surface area contributed by atoms with Gasteiger partial charge in [0.15, 0.2) is 0 Å². The van der Waals surface area contributed by atoms with Gasteiger partial charge in [-0.05, 0) is 67.4 Å². The van der Waals surface area contributed by atoms with Crippen LogP contribution in [0.15, 0.2) is 59.7 Å². The van der Waals surface area contributed by atoms with Gasteiger partial charge in [0.2, 0.25) is 0 Å². The molecule has 0 heterocycles. The number of benzene rings is 2. The van der Waals surface area contributed by atoms with Gasteiger partial charge in [0, 0.05) is 6.42 Å². The molecule has 0 radical (unpaired) electrons. The van der Waals surface area contributed by atoms with Gasteiger partial charge in [-0.15, -0.1) is 0 Å². The Morgan fingerprint density at radius 2 is 1.70 bits per heavy atom. The molecule has 6 heteroatoms. The molecule has 0 aromatic heterocycles. The number of hydrogen-bond donors (Lipinski definition) is 1. The fourth-order valence-electron chi connectivity index (χ4n) is 3.80. The van der Waals surface area contributed by atoms with Gasteiger partial charge in [-0.25, -0.2) is 0 Å². The first-order valence-corrected chi connectivity index (χ1v) is 10.1. The minimum Gasteiger partial charge on any atom is -0.489 e. The molecule has 30 heavy (non-hydrogen) atoms. The third-order valence-corrected chi connectivity index (χ3v) is 5.38. The zero-order valence-electron chi connectivity index (χ0n) is 16.7. The SMILES string of the molecule is O=C(O)CCc1ccc(OCC2=C(Cc3ccccc3)CCCC2)cc1C(F)(F)F. The van der Waals surface area contributed by atoms with Crippen LogP contribution in [0.2, 0.25) is 0 Å². The van der Waals surface area contributed by atoms with E-state index >= 15 is 0 Å². The Morgan fingerprint density at radius 1 is 1.00 bits per heavy atom. The molecule has 0 saturated carbocycles. The van der Waals surface area contributed by atoms with Crippen LogP contribution in [-0.2, 0) is 23.8 Å². The van der Waals surface area contributed by atoms with Crippen molar-refractivity contribution in [3.8, 4) is 5.75 Å². The highest BCUT2D eigenvalue weighted by atomic mass is 19.4. The van der Waals surface area contributed by atoms with Gasteiger partial charge in [0.1, 0.15) is 12.4 Å². The van der Waals surface area contributed by atoms with Crippen LogP contribution >= 0.6 is 0 Å². The number of carboxylic acids is 1. The van der Waals surface area contributed by atoms with Crippen molar-refractivity contribution in [1.82, 2.24) is 0 Å². The van der Waals surface area contributed by atoms with Crippen LogP contribution in [0.4, 0.5) is 13.2 Å². The molecule has 0 bridgehead atoms. The van der Waals surface area contributed by atoms with Crippen molar-refractivity contribution in [3.05, 3.63) is 76.4 Å². The Hall–Kier alpha value is -2.76. The maximum atomic E-state index is 13.4. The number of allylic oxidation sites excluding steroid dienone is 1. The lowest BCUT2D eigenvalue weighted by molar-refractivity contribution is -0.140. The smallest absolute Gasteiger partial charge is 0.416 e. The summed E-state index contributed by atoms with van der Waals surface area (Å²) in [5, 5.41) is 8.77. The molecule has 0 fully saturated rings. The maximum absolute atomic E-state index is 13.4. The second-order valence-electron chi connectivity index (χ2n) is 7.58. The molecule has 2 aromatic carbocycles. The highest BCUT2D eigenvalue weighted by molar-refractivity contribution is 5.67. The fourth-order valence-corrected chi connectivity index (χ4v) is 3.80. The molecule has 1 aliphatic carbocycles. The standard InChI is InChI=1S/C24H25F3O3/c25-24(26,27)22-15-21(12-10-18(22)11-13-23(28)29)30-16-20-9-5-4-8-19(20)14-17-6-2-1-3-7-17/h1-3,6-7,10,12,15H,4-5,8-9,11,13-14,16H2,(H,28,29). The highest BCUT2D eigenvalue weighted by Gasteiger charge is 2.33. The molecule has 0 aliphatic heterocycles. The van der Waals surface area contributed by atoms with E-state index in [4.69, 9.17) is 9.84 Å². The Balaban J connectivity index is 1.75. The first-order valence-electron chi connectivity index (χ1n) is 10.1. The Labute approximate surface area is 174 Å². The summed E-state index contributed by atoms with van der Waals surface area (Å²) in [5.74, 6) is -0.975. The number of aryl methyl sites for hydroxylation is 1. The maximum Gasteiger partial charge on any atom is 0.416 e. The Morgan fingerprint density at radius 3 is 2.37 bits per heavy atom. The summed E-state index contributed by atoms with van der Waals surface area (Å²) in [6.45, 7) is 0.272. The second kappa shape index (κ2) is 9.83. The molecule has 1 aliphatic rings. The second-order valence-corrected chi connectivity index (χ2v) is 7.58. The molecule has 3 rings (SSSR count). The van der Waals surface area contributed by atoms with Crippen molar-refractivity contribution >= 4 is 5.97 Å². The van der Waals surface area contributed by atoms with Gasteiger partial charge >= 0.3 is 12.1 Å². The quantitative estimate of drug-likeness (QED) is 0.518. The van der Waals surface area contributed by atoms with Crippen LogP contribution in [0, 0.1) is 0 Å². The Bertz CT molecular complexity index is 902. The zero-order chi connectivity index (χ0) is 21.6. The number of halogens is 3. The van der Waals surface area contributed by atoms with Crippen LogP contribution in [0.5, 0.6) is 5.75 Å². The molecule has 0 saturated heterocycles. The van der Waals surface area contributed by atoms with E-state index in [1.165, 1.54) is 23.3 Å². The first-order chi connectivity index (χ1) is 14.3. The van der Waals surface area contributed by atoms with Crippen LogP contribution in [-0.4, -0.2) is 17.7 Å². The number of alkyl halides is 3. The van der Waals surface area contributed by atoms with Gasteiger partial charge < -0.3 is 9.84 Å². The van der Waals surface area contributed by atoms with Crippen molar-refractivity contribution in [2.75, 3.05) is 6.61 Å². The lowest BCUT2D eigenvalue weighted by Crippen LogP contribution is -2.13. The van der Waals surface area contributed by atoms with Gasteiger partial charge in [0.25, 0.3) is 0 Å². The largest absolute Gasteiger partial charge is 0.489 e. The van der Waals surface area contributed by atoms with E-state index in [-0.39, 0.29) is 30.8 Å². The lowest BCUT2D eigenvalue weighted by Gasteiger charge is -2.22. The van der Waals surface area contributed by atoms with Crippen LogP contribution < -0.4 is 4.74 Å². The number of carbonyl (C=O) groups is 1. The molecular weight excluding hydrogens is 393 g/mol. The molecule has 3 nitrogen and oxygen atoms in total. The molecule has 2 aromatic rings. The zero-order valence-corrected chi connectivity index (χ0v) is 16.7. The monoisotopic (exact) mass is 418 g/mol. The van der Waals surface area contributed by atoms with E-state index < -0.39 is 17.7 Å². The first kappa shape index (κ1) is 21.9. The van der Waals surface area contributed by atoms with Crippen molar-refractivity contribution in [1.29, 1.82) is 0 Å². The molecule has 160 valence electrons. The Kier molecular flexibility index (Phi) is 7.19. The summed E-state index contributed by atoms with van der Waals surface area (Å²) >= 11 is 0. The van der Waals surface area contributed by atoms with E-state index in [0.717, 1.165) is 43.7 Å². The molecule has 0 atom stereocenters. The molecule has 1 N–H and O–H groups in total. The van der Waals surface area contributed by atoms with E-state index in [1.54, 1.807) is 0 Å². The third kappa shape index (κ3) is 6.12. The molecular formula is C24H25F3O3. The lowest BCUT2D eigenvalue weighted by atomic mass is 9.88. The topological polar surface area (TPSA) is 46.5 Å². The van der Waals surface area contributed by atoms with Gasteiger partial charge in [-0.2, -0.15) is 13.2 Å². The number of ether oxygens (including phenoxy) is 1. The van der Waals surface area contributed by atoms with E-state index in [1.807, 2.05) is 18.2 Å². The minimum atomic E-state index is -4.56. The van der Waals surface area contributed by atoms with Crippen molar-refractivity contribution < 1.29 is 27.8 Å². The number of hydrogen-bond acceptors (Lipinski definition) is 2. The highest BCUT2D eigenvalue weighted by Crippen LogP contribution is 2.35. The number of carboxylic acid groups (broad SMARTS) is 1. The summed E-state index contributed by atoms with van der Waals surface area (Å²) in [5.41, 5.74) is 2.83. The van der Waals surface area contributed by atoms with Gasteiger partial charge in [-0.3, -0.25) is 4.79 Å². The summed E-state index contributed by atoms with van der Waals surface area (Å²) in [6, 6.07) is 13.9. The number of aliphatic carboxylic acids is 1. The van der Waals surface area contributed by atoms with E-state index in [0.29, 0.717) is 0 Å². The van der Waals surface area contributed by atoms with Crippen LogP contribution in [0.3, 0.4) is 0 Å². The summed E-state index contributed by atoms with van der Waals surface area (Å²) in [4.78, 5) is 10.7. The van der Waals surface area contributed by atoms with Crippen LogP contribution in [0.1, 0.15) is 48.8 Å². The molecule has 0 unspecified atom stereocenters. The molecule has 0 amide bonds. The van der Waals surface area contributed by atoms with Gasteiger partial charge in [0.05, 0.1) is 5.56 Å². The van der Waals surface area contributed by atoms with Crippen molar-refractivity contribution in [2.24, 2.45) is 0 Å². The van der Waals surface area contributed by atoms with Crippen molar-refractivity contribution in [3.63, 3.8) is 0 Å². The normalized spacial score (nSPS) is 14.6. The fraction of sp³-hybridized carbons (Fsp3) is 0.375. The summed E-state index contributed by atoms with van der Waals surface area (Å²) in [7, 11) is 0. The van der Waals surface area contributed by atoms with E-state index in [2.05, 4.69) is 12.1 Å². The summed E-state index contributed by atoms with van der Waals surface area (Å²) in [6.07, 6.45) is -0.200. The van der Waals surface area contributed by atoms with Crippen molar-refractivity contribution in [2.45, 2.75) is 51.1 Å². The predicted octanol–water partition coefficient (Wildman–Crippen LogP) is 6.21. The van der Waals surface area contributed by atoms with Crippen LogP contribution in [0.25, 0.3) is 0 Å². The third-order valence-electron chi connectivity index (χ3n) is 5.38. The minimum absolute atomic E-state index is 0.0288. The average molecular weight is 418 g/mol. The average Bonchev–Trinajstić information content (AvgIpc) is 2.72.